The second-order valence-corrected chi connectivity index (χ2v) is 6.52. The molecular weight excluding hydrogens is 324 g/mol. The number of hydrogen-bond donors (Lipinski definition) is 0. The van der Waals surface area contributed by atoms with Crippen molar-refractivity contribution in [2.75, 3.05) is 13.2 Å². The van der Waals surface area contributed by atoms with Crippen molar-refractivity contribution in [3.05, 3.63) is 59.7 Å². The predicted molar refractivity (Wildman–Crippen MR) is 106 cm³/mol. The fourth-order valence-corrected chi connectivity index (χ4v) is 2.82. The molecule has 0 spiro atoms. The maximum absolute atomic E-state index is 11.1. The molecule has 0 aromatic heterocycles. The van der Waals surface area contributed by atoms with Crippen LogP contribution in [0.4, 0.5) is 0 Å². The Morgan fingerprint density at radius 1 is 0.808 bits per heavy atom. The third-order valence-electron chi connectivity index (χ3n) is 4.35. The van der Waals surface area contributed by atoms with Crippen LogP contribution in [0, 0.1) is 0 Å². The number of carbonyl (C=O) groups is 1. The summed E-state index contributed by atoms with van der Waals surface area (Å²) in [7, 11) is 0. The van der Waals surface area contributed by atoms with Gasteiger partial charge in [0.1, 0.15) is 6.29 Å². The zero-order valence-electron chi connectivity index (χ0n) is 15.8. The summed E-state index contributed by atoms with van der Waals surface area (Å²) in [5.41, 5.74) is 1.83. The molecule has 0 atom stereocenters. The highest BCUT2D eigenvalue weighted by molar-refractivity contribution is 5.76. The minimum absolute atomic E-state index is 0.555. The van der Waals surface area contributed by atoms with Crippen LogP contribution in [0.15, 0.2) is 48.5 Å². The molecule has 2 rings (SSSR count). The summed E-state index contributed by atoms with van der Waals surface area (Å²) < 4.78 is 11.8. The number of aldehydes is 1. The lowest BCUT2D eigenvalue weighted by atomic mass is 10.1. The minimum Gasteiger partial charge on any atom is -0.490 e. The Kier molecular flexibility index (Phi) is 9.34. The third-order valence-corrected chi connectivity index (χ3v) is 4.35. The van der Waals surface area contributed by atoms with Crippen molar-refractivity contribution in [1.29, 1.82) is 0 Å². The molecule has 2 aromatic rings. The molecule has 3 nitrogen and oxygen atoms in total. The molecule has 26 heavy (non-hydrogen) atoms. The first kappa shape index (κ1) is 20.0. The van der Waals surface area contributed by atoms with E-state index >= 15 is 0 Å². The van der Waals surface area contributed by atoms with E-state index in [9.17, 15) is 4.79 Å². The summed E-state index contributed by atoms with van der Waals surface area (Å²) in [6.45, 7) is 3.47. The highest BCUT2D eigenvalue weighted by Gasteiger charge is 2.07. The van der Waals surface area contributed by atoms with Crippen LogP contribution >= 0.6 is 0 Å². The number of rotatable bonds is 13. The molecule has 0 aliphatic carbocycles. The van der Waals surface area contributed by atoms with Crippen molar-refractivity contribution >= 4 is 6.29 Å². The van der Waals surface area contributed by atoms with E-state index in [1.807, 2.05) is 24.3 Å². The van der Waals surface area contributed by atoms with Crippen LogP contribution in [-0.4, -0.2) is 19.5 Å². The lowest BCUT2D eigenvalue weighted by Gasteiger charge is -2.13. The molecule has 3 heteroatoms. The van der Waals surface area contributed by atoms with Crippen LogP contribution in [0.25, 0.3) is 0 Å². The SMILES string of the molecule is CCCCCCCCOc1ccc(C=O)cc1OCCc1ccccc1. The minimum atomic E-state index is 0.555. The Hall–Kier alpha value is -2.29. The average molecular weight is 354 g/mol. The molecule has 0 saturated carbocycles. The molecule has 0 aliphatic heterocycles. The van der Waals surface area contributed by atoms with Gasteiger partial charge in [0.05, 0.1) is 13.2 Å². The van der Waals surface area contributed by atoms with Crippen molar-refractivity contribution < 1.29 is 14.3 Å². The molecule has 0 N–H and O–H groups in total. The number of hydrogen-bond acceptors (Lipinski definition) is 3. The van der Waals surface area contributed by atoms with Crippen LogP contribution in [0.5, 0.6) is 11.5 Å². The van der Waals surface area contributed by atoms with E-state index in [2.05, 4.69) is 19.1 Å². The van der Waals surface area contributed by atoms with Gasteiger partial charge in [0.25, 0.3) is 0 Å². The van der Waals surface area contributed by atoms with E-state index in [1.54, 1.807) is 12.1 Å². The smallest absolute Gasteiger partial charge is 0.161 e. The van der Waals surface area contributed by atoms with Gasteiger partial charge in [-0.05, 0) is 30.2 Å². The number of carbonyl (C=O) groups excluding carboxylic acids is 1. The van der Waals surface area contributed by atoms with Gasteiger partial charge in [-0.2, -0.15) is 0 Å². The zero-order valence-corrected chi connectivity index (χ0v) is 15.8. The van der Waals surface area contributed by atoms with Crippen LogP contribution in [-0.2, 0) is 6.42 Å². The first-order valence-corrected chi connectivity index (χ1v) is 9.72. The van der Waals surface area contributed by atoms with Gasteiger partial charge in [0.2, 0.25) is 0 Å². The lowest BCUT2D eigenvalue weighted by molar-refractivity contribution is 0.112. The van der Waals surface area contributed by atoms with Gasteiger partial charge in [-0.1, -0.05) is 69.4 Å². The molecule has 140 valence electrons. The molecule has 0 saturated heterocycles. The van der Waals surface area contributed by atoms with Gasteiger partial charge in [-0.25, -0.2) is 0 Å². The van der Waals surface area contributed by atoms with E-state index < -0.39 is 0 Å². The Labute approximate surface area is 157 Å². The number of ether oxygens (including phenoxy) is 2. The van der Waals surface area contributed by atoms with Crippen molar-refractivity contribution in [3.63, 3.8) is 0 Å². The molecule has 0 fully saturated rings. The molecule has 0 amide bonds. The highest BCUT2D eigenvalue weighted by atomic mass is 16.5. The Morgan fingerprint density at radius 2 is 1.54 bits per heavy atom. The van der Waals surface area contributed by atoms with Crippen LogP contribution in [0.3, 0.4) is 0 Å². The molecule has 2 aromatic carbocycles. The van der Waals surface area contributed by atoms with Crippen molar-refractivity contribution in [1.82, 2.24) is 0 Å². The van der Waals surface area contributed by atoms with Gasteiger partial charge in [-0.15, -0.1) is 0 Å². The van der Waals surface area contributed by atoms with E-state index in [4.69, 9.17) is 9.47 Å². The fourth-order valence-electron chi connectivity index (χ4n) is 2.82. The predicted octanol–water partition coefficient (Wildman–Crippen LogP) is 5.86. The normalized spacial score (nSPS) is 10.5. The Balaban J connectivity index is 1.82. The quantitative estimate of drug-likeness (QED) is 0.334. The summed E-state index contributed by atoms with van der Waals surface area (Å²) in [5.74, 6) is 1.37. The first-order valence-electron chi connectivity index (χ1n) is 9.72. The number of unbranched alkanes of at least 4 members (excludes halogenated alkanes) is 5. The third kappa shape index (κ3) is 7.30. The molecule has 0 heterocycles. The summed E-state index contributed by atoms with van der Waals surface area (Å²) in [5, 5.41) is 0. The van der Waals surface area contributed by atoms with Crippen LogP contribution in [0.2, 0.25) is 0 Å². The average Bonchev–Trinajstić information content (AvgIpc) is 2.69. The Bertz CT molecular complexity index is 637. The molecule has 0 radical (unpaired) electrons. The maximum Gasteiger partial charge on any atom is 0.161 e. The molecule has 0 aliphatic rings. The lowest BCUT2D eigenvalue weighted by Crippen LogP contribution is -2.05. The van der Waals surface area contributed by atoms with Gasteiger partial charge in [0, 0.05) is 12.0 Å². The van der Waals surface area contributed by atoms with Gasteiger partial charge >= 0.3 is 0 Å². The first-order chi connectivity index (χ1) is 12.8. The summed E-state index contributed by atoms with van der Waals surface area (Å²) in [6.07, 6.45) is 9.04. The zero-order chi connectivity index (χ0) is 18.5. The van der Waals surface area contributed by atoms with Crippen molar-refractivity contribution in [3.8, 4) is 11.5 Å². The maximum atomic E-state index is 11.1. The van der Waals surface area contributed by atoms with Gasteiger partial charge < -0.3 is 9.47 Å². The van der Waals surface area contributed by atoms with Crippen molar-refractivity contribution in [2.45, 2.75) is 51.9 Å². The number of benzene rings is 2. The van der Waals surface area contributed by atoms with Crippen LogP contribution < -0.4 is 9.47 Å². The largest absolute Gasteiger partial charge is 0.490 e. The van der Waals surface area contributed by atoms with E-state index in [0.29, 0.717) is 24.5 Å². The molecule has 0 unspecified atom stereocenters. The highest BCUT2D eigenvalue weighted by Crippen LogP contribution is 2.28. The Morgan fingerprint density at radius 3 is 2.31 bits per heavy atom. The summed E-state index contributed by atoms with van der Waals surface area (Å²) >= 11 is 0. The summed E-state index contributed by atoms with van der Waals surface area (Å²) in [6, 6.07) is 15.6. The topological polar surface area (TPSA) is 35.5 Å². The van der Waals surface area contributed by atoms with Gasteiger partial charge in [0.15, 0.2) is 11.5 Å². The van der Waals surface area contributed by atoms with Crippen LogP contribution in [0.1, 0.15) is 61.4 Å². The monoisotopic (exact) mass is 354 g/mol. The molecular formula is C23H30O3. The van der Waals surface area contributed by atoms with E-state index in [1.165, 1.54) is 37.7 Å². The molecule has 0 bridgehead atoms. The second-order valence-electron chi connectivity index (χ2n) is 6.52. The standard InChI is InChI=1S/C23H30O3/c1-2-3-4-5-6-10-16-25-22-14-13-21(19-24)18-23(22)26-17-15-20-11-8-7-9-12-20/h7-9,11-14,18-19H,2-6,10,15-17H2,1H3. The summed E-state index contributed by atoms with van der Waals surface area (Å²) in [4.78, 5) is 11.1. The van der Waals surface area contributed by atoms with Gasteiger partial charge in [-0.3, -0.25) is 4.79 Å². The fraction of sp³-hybridized carbons (Fsp3) is 0.435. The van der Waals surface area contributed by atoms with E-state index in [-0.39, 0.29) is 0 Å². The second kappa shape index (κ2) is 12.1. The van der Waals surface area contributed by atoms with Crippen molar-refractivity contribution in [2.24, 2.45) is 0 Å². The van der Waals surface area contributed by atoms with E-state index in [0.717, 1.165) is 24.9 Å².